The standard InChI is InChI=1S/C22H21FN2O5/c1-13-19(14(2)25(24-13)17-7-5-16(23)6-8-17)9-10-21(26)29-12-18-11-20(15(3)30-18)22(27)28-4/h5-11H,12H2,1-4H3/b10-9+. The summed E-state index contributed by atoms with van der Waals surface area (Å²) in [6, 6.07) is 7.47. The van der Waals surface area contributed by atoms with Gasteiger partial charge in [0.1, 0.15) is 29.5 Å². The maximum Gasteiger partial charge on any atom is 0.341 e. The third-order valence-electron chi connectivity index (χ3n) is 4.54. The normalized spacial score (nSPS) is 11.1. The first-order valence-electron chi connectivity index (χ1n) is 9.14. The molecule has 0 aliphatic carbocycles. The SMILES string of the molecule is COC(=O)c1cc(COC(=O)/C=C/c2c(C)nn(-c3ccc(F)cc3)c2C)oc1C. The number of furan rings is 1. The molecule has 156 valence electrons. The second-order valence-electron chi connectivity index (χ2n) is 6.59. The van der Waals surface area contributed by atoms with Crippen molar-refractivity contribution in [2.75, 3.05) is 7.11 Å². The van der Waals surface area contributed by atoms with Crippen LogP contribution in [0, 0.1) is 26.6 Å². The Morgan fingerprint density at radius 2 is 1.90 bits per heavy atom. The first-order valence-corrected chi connectivity index (χ1v) is 9.14. The van der Waals surface area contributed by atoms with Crippen LogP contribution in [0.1, 0.15) is 38.8 Å². The quantitative estimate of drug-likeness (QED) is 0.448. The lowest BCUT2D eigenvalue weighted by Gasteiger charge is -2.04. The minimum absolute atomic E-state index is 0.117. The zero-order valence-corrected chi connectivity index (χ0v) is 17.1. The summed E-state index contributed by atoms with van der Waals surface area (Å²) in [7, 11) is 1.28. The van der Waals surface area contributed by atoms with Crippen LogP contribution in [0.3, 0.4) is 0 Å². The van der Waals surface area contributed by atoms with Gasteiger partial charge in [-0.05, 0) is 57.2 Å². The van der Waals surface area contributed by atoms with Gasteiger partial charge in [-0.2, -0.15) is 5.10 Å². The molecule has 0 saturated carbocycles. The first-order chi connectivity index (χ1) is 14.3. The van der Waals surface area contributed by atoms with Crippen molar-refractivity contribution in [2.45, 2.75) is 27.4 Å². The fourth-order valence-corrected chi connectivity index (χ4v) is 3.00. The largest absolute Gasteiger partial charge is 0.465 e. The van der Waals surface area contributed by atoms with Gasteiger partial charge in [-0.3, -0.25) is 0 Å². The van der Waals surface area contributed by atoms with Crippen LogP contribution in [0.25, 0.3) is 11.8 Å². The van der Waals surface area contributed by atoms with E-state index in [1.54, 1.807) is 29.8 Å². The second kappa shape index (κ2) is 8.77. The number of aryl methyl sites for hydroxylation is 2. The van der Waals surface area contributed by atoms with Gasteiger partial charge in [0.15, 0.2) is 0 Å². The molecular formula is C22H21FN2O5. The number of rotatable bonds is 6. The number of carbonyl (C=O) groups is 2. The summed E-state index contributed by atoms with van der Waals surface area (Å²) < 4.78 is 30.1. The van der Waals surface area contributed by atoms with Crippen LogP contribution in [0.4, 0.5) is 4.39 Å². The second-order valence-corrected chi connectivity index (χ2v) is 6.59. The molecule has 0 spiro atoms. The number of methoxy groups -OCH3 is 1. The molecule has 3 aromatic rings. The highest BCUT2D eigenvalue weighted by atomic mass is 19.1. The molecule has 0 aliphatic rings. The van der Waals surface area contributed by atoms with Crippen molar-refractivity contribution < 1.29 is 27.9 Å². The lowest BCUT2D eigenvalue weighted by Crippen LogP contribution is -2.01. The smallest absolute Gasteiger partial charge is 0.341 e. The lowest BCUT2D eigenvalue weighted by molar-refractivity contribution is -0.139. The molecule has 3 rings (SSSR count). The van der Waals surface area contributed by atoms with E-state index in [1.165, 1.54) is 31.4 Å². The van der Waals surface area contributed by atoms with Crippen molar-refractivity contribution in [3.05, 3.63) is 76.3 Å². The number of halogens is 1. The molecule has 0 N–H and O–H groups in total. The van der Waals surface area contributed by atoms with Crippen molar-refractivity contribution in [3.8, 4) is 5.69 Å². The van der Waals surface area contributed by atoms with Crippen LogP contribution in [-0.2, 0) is 20.9 Å². The molecule has 0 fully saturated rings. The molecule has 8 heteroatoms. The molecule has 0 bridgehead atoms. The highest BCUT2D eigenvalue weighted by Gasteiger charge is 2.16. The van der Waals surface area contributed by atoms with E-state index in [1.807, 2.05) is 13.8 Å². The van der Waals surface area contributed by atoms with E-state index in [-0.39, 0.29) is 12.4 Å². The van der Waals surface area contributed by atoms with Crippen LogP contribution in [-0.4, -0.2) is 28.8 Å². The minimum atomic E-state index is -0.572. The number of aromatic nitrogens is 2. The van der Waals surface area contributed by atoms with Crippen LogP contribution in [0.5, 0.6) is 0 Å². The Bertz CT molecular complexity index is 1110. The van der Waals surface area contributed by atoms with E-state index in [4.69, 9.17) is 9.15 Å². The zero-order valence-electron chi connectivity index (χ0n) is 17.1. The zero-order chi connectivity index (χ0) is 21.8. The third kappa shape index (κ3) is 4.48. The van der Waals surface area contributed by atoms with Gasteiger partial charge in [0, 0.05) is 17.3 Å². The number of benzene rings is 1. The summed E-state index contributed by atoms with van der Waals surface area (Å²) in [5.74, 6) is -0.683. The maximum atomic E-state index is 13.2. The van der Waals surface area contributed by atoms with E-state index >= 15 is 0 Å². The van der Waals surface area contributed by atoms with Gasteiger partial charge in [0.25, 0.3) is 0 Å². The van der Waals surface area contributed by atoms with E-state index in [0.717, 1.165) is 11.3 Å². The Balaban J connectivity index is 1.68. The van der Waals surface area contributed by atoms with Crippen LogP contribution < -0.4 is 0 Å². The monoisotopic (exact) mass is 412 g/mol. The Morgan fingerprint density at radius 3 is 2.57 bits per heavy atom. The third-order valence-corrected chi connectivity index (χ3v) is 4.54. The van der Waals surface area contributed by atoms with E-state index in [0.29, 0.717) is 28.5 Å². The number of carbonyl (C=O) groups excluding carboxylic acids is 2. The van der Waals surface area contributed by atoms with Gasteiger partial charge in [-0.15, -0.1) is 0 Å². The molecule has 0 atom stereocenters. The van der Waals surface area contributed by atoms with E-state index < -0.39 is 11.9 Å². The summed E-state index contributed by atoms with van der Waals surface area (Å²) >= 11 is 0. The fourth-order valence-electron chi connectivity index (χ4n) is 3.00. The topological polar surface area (TPSA) is 83.6 Å². The fraction of sp³-hybridized carbons (Fsp3) is 0.227. The van der Waals surface area contributed by atoms with Crippen molar-refractivity contribution in [2.24, 2.45) is 0 Å². The number of esters is 2. The van der Waals surface area contributed by atoms with Gasteiger partial charge in [-0.25, -0.2) is 18.7 Å². The Kier molecular flexibility index (Phi) is 6.15. The maximum absolute atomic E-state index is 13.2. The molecular weight excluding hydrogens is 391 g/mol. The van der Waals surface area contributed by atoms with Gasteiger partial charge in [0.05, 0.1) is 18.5 Å². The summed E-state index contributed by atoms with van der Waals surface area (Å²) in [5, 5.41) is 4.45. The average molecular weight is 412 g/mol. The highest BCUT2D eigenvalue weighted by Crippen LogP contribution is 2.20. The molecule has 0 saturated heterocycles. The number of ether oxygens (including phenoxy) is 2. The first kappa shape index (κ1) is 21.0. The Labute approximate surface area is 172 Å². The predicted octanol–water partition coefficient (Wildman–Crippen LogP) is 4.07. The van der Waals surface area contributed by atoms with Gasteiger partial charge >= 0.3 is 11.9 Å². The molecule has 0 amide bonds. The molecule has 1 aromatic carbocycles. The van der Waals surface area contributed by atoms with Crippen molar-refractivity contribution in [1.29, 1.82) is 0 Å². The Hall–Kier alpha value is -3.68. The lowest BCUT2D eigenvalue weighted by atomic mass is 10.2. The summed E-state index contributed by atoms with van der Waals surface area (Å²) in [5.41, 5.74) is 3.28. The molecule has 0 unspecified atom stereocenters. The summed E-state index contributed by atoms with van der Waals surface area (Å²) in [6.45, 7) is 5.18. The number of nitrogens with zero attached hydrogens (tertiary/aromatic N) is 2. The number of hydrogen-bond acceptors (Lipinski definition) is 6. The summed E-state index contributed by atoms with van der Waals surface area (Å²) in [4.78, 5) is 23.7. The molecule has 2 heterocycles. The molecule has 2 aromatic heterocycles. The van der Waals surface area contributed by atoms with E-state index in [9.17, 15) is 14.0 Å². The van der Waals surface area contributed by atoms with Crippen molar-refractivity contribution in [1.82, 2.24) is 9.78 Å². The van der Waals surface area contributed by atoms with Crippen molar-refractivity contribution in [3.63, 3.8) is 0 Å². The minimum Gasteiger partial charge on any atom is -0.465 e. The number of hydrogen-bond donors (Lipinski definition) is 0. The van der Waals surface area contributed by atoms with Crippen molar-refractivity contribution >= 4 is 18.0 Å². The molecule has 30 heavy (non-hydrogen) atoms. The van der Waals surface area contributed by atoms with Crippen LogP contribution in [0.2, 0.25) is 0 Å². The average Bonchev–Trinajstić information content (AvgIpc) is 3.24. The molecule has 0 aliphatic heterocycles. The van der Waals surface area contributed by atoms with Crippen LogP contribution in [0.15, 0.2) is 40.8 Å². The summed E-state index contributed by atoms with van der Waals surface area (Å²) in [6.07, 6.45) is 2.91. The van der Waals surface area contributed by atoms with Gasteiger partial charge < -0.3 is 13.9 Å². The molecule has 0 radical (unpaired) electrons. The van der Waals surface area contributed by atoms with Gasteiger partial charge in [0.2, 0.25) is 0 Å². The van der Waals surface area contributed by atoms with Crippen LogP contribution >= 0.6 is 0 Å². The Morgan fingerprint density at radius 1 is 1.20 bits per heavy atom. The highest BCUT2D eigenvalue weighted by molar-refractivity contribution is 5.90. The molecule has 7 nitrogen and oxygen atoms in total. The van der Waals surface area contributed by atoms with Gasteiger partial charge in [-0.1, -0.05) is 0 Å². The van der Waals surface area contributed by atoms with E-state index in [2.05, 4.69) is 9.84 Å². The predicted molar refractivity (Wildman–Crippen MR) is 107 cm³/mol.